The standard InChI is InChI=1S/C26H26NO2/c1-14-11-18-13-15(2)16(3)21-22(18)20(12-14)29-26-23(17-7-5-6-8-17)25-19(9-10-28-25)27(4)24(21)26/h9-13,17H,5-8H2,1-4H3/q+1. The molecule has 0 N–H and O–H groups in total. The first-order chi connectivity index (χ1) is 14.0. The van der Waals surface area contributed by atoms with Crippen molar-refractivity contribution in [2.24, 2.45) is 7.05 Å². The van der Waals surface area contributed by atoms with Gasteiger partial charge in [-0.1, -0.05) is 25.0 Å². The third kappa shape index (κ3) is 2.22. The Labute approximate surface area is 170 Å². The van der Waals surface area contributed by atoms with Gasteiger partial charge in [0.05, 0.1) is 17.4 Å². The normalized spacial score (nSPS) is 15.9. The Kier molecular flexibility index (Phi) is 3.45. The topological polar surface area (TPSA) is 26.2 Å². The Balaban J connectivity index is 1.82. The van der Waals surface area contributed by atoms with Gasteiger partial charge in [0.25, 0.3) is 11.2 Å². The van der Waals surface area contributed by atoms with Crippen LogP contribution in [0.1, 0.15) is 53.9 Å². The maximum absolute atomic E-state index is 6.75. The number of hydrogen-bond donors (Lipinski definition) is 0. The van der Waals surface area contributed by atoms with E-state index in [1.165, 1.54) is 70.0 Å². The Morgan fingerprint density at radius 3 is 2.62 bits per heavy atom. The number of ether oxygens (including phenoxy) is 1. The van der Waals surface area contributed by atoms with E-state index in [1.807, 2.05) is 6.26 Å². The van der Waals surface area contributed by atoms with Crippen molar-refractivity contribution in [3.05, 3.63) is 52.8 Å². The van der Waals surface area contributed by atoms with Crippen LogP contribution in [0.15, 0.2) is 34.9 Å². The predicted octanol–water partition coefficient (Wildman–Crippen LogP) is 6.77. The number of furan rings is 1. The molecular formula is C26H26NO2+. The molecule has 1 aliphatic heterocycles. The predicted molar refractivity (Wildman–Crippen MR) is 116 cm³/mol. The summed E-state index contributed by atoms with van der Waals surface area (Å²) in [5, 5.41) is 2.50. The lowest BCUT2D eigenvalue weighted by Crippen LogP contribution is -2.34. The van der Waals surface area contributed by atoms with Crippen LogP contribution in [0.5, 0.6) is 11.5 Å². The second-order valence-corrected chi connectivity index (χ2v) is 8.92. The van der Waals surface area contributed by atoms with Gasteiger partial charge in [0.15, 0.2) is 0 Å². The van der Waals surface area contributed by atoms with Gasteiger partial charge in [0.2, 0.25) is 11.3 Å². The second kappa shape index (κ2) is 5.85. The number of hydrogen-bond acceptors (Lipinski definition) is 2. The van der Waals surface area contributed by atoms with Crippen LogP contribution in [0.4, 0.5) is 0 Å². The summed E-state index contributed by atoms with van der Waals surface area (Å²) in [5.74, 6) is 2.50. The number of benzene rings is 2. The van der Waals surface area contributed by atoms with Crippen molar-refractivity contribution in [3.63, 3.8) is 0 Å². The highest BCUT2D eigenvalue weighted by Crippen LogP contribution is 2.53. The molecule has 1 saturated carbocycles. The summed E-state index contributed by atoms with van der Waals surface area (Å²) < 4.78 is 15.1. The minimum Gasteiger partial charge on any atom is -0.457 e. The van der Waals surface area contributed by atoms with Gasteiger partial charge >= 0.3 is 0 Å². The molecular weight excluding hydrogens is 358 g/mol. The van der Waals surface area contributed by atoms with Crippen LogP contribution < -0.4 is 9.30 Å². The average molecular weight is 384 g/mol. The Hall–Kier alpha value is -2.81. The third-order valence-corrected chi connectivity index (χ3v) is 7.12. The number of pyridine rings is 1. The molecule has 3 heterocycles. The fourth-order valence-corrected chi connectivity index (χ4v) is 5.62. The third-order valence-electron chi connectivity index (χ3n) is 7.12. The lowest BCUT2D eigenvalue weighted by atomic mass is 9.87. The van der Waals surface area contributed by atoms with Crippen molar-refractivity contribution >= 4 is 21.9 Å². The largest absolute Gasteiger partial charge is 0.457 e. The first kappa shape index (κ1) is 17.1. The van der Waals surface area contributed by atoms with Crippen molar-refractivity contribution in [3.8, 4) is 22.8 Å². The molecule has 2 aromatic heterocycles. The van der Waals surface area contributed by atoms with Gasteiger partial charge in [-0.3, -0.25) is 0 Å². The smallest absolute Gasteiger partial charge is 0.257 e. The molecule has 29 heavy (non-hydrogen) atoms. The average Bonchev–Trinajstić information content (AvgIpc) is 3.37. The highest BCUT2D eigenvalue weighted by atomic mass is 16.5. The van der Waals surface area contributed by atoms with Crippen LogP contribution in [0.2, 0.25) is 0 Å². The fourth-order valence-electron chi connectivity index (χ4n) is 5.62. The zero-order chi connectivity index (χ0) is 19.9. The van der Waals surface area contributed by atoms with E-state index >= 15 is 0 Å². The molecule has 1 fully saturated rings. The van der Waals surface area contributed by atoms with Crippen molar-refractivity contribution in [1.29, 1.82) is 0 Å². The van der Waals surface area contributed by atoms with E-state index in [0.717, 1.165) is 22.6 Å². The summed E-state index contributed by atoms with van der Waals surface area (Å²) >= 11 is 0. The van der Waals surface area contributed by atoms with Gasteiger partial charge in [-0.15, -0.1) is 0 Å². The van der Waals surface area contributed by atoms with E-state index in [9.17, 15) is 0 Å². The van der Waals surface area contributed by atoms with Crippen molar-refractivity contribution in [1.82, 2.24) is 0 Å². The number of fused-ring (bicyclic) bond motifs is 3. The number of nitrogens with zero attached hydrogens (tertiary/aromatic N) is 1. The molecule has 146 valence electrons. The van der Waals surface area contributed by atoms with E-state index in [1.54, 1.807) is 0 Å². The van der Waals surface area contributed by atoms with E-state index in [4.69, 9.17) is 9.15 Å². The SMILES string of the molecule is Cc1cc2c3c(c(C)c(C)cc3c1)-c1c(c(C3CCCC3)c3occc3[n+]1C)O2. The molecule has 1 aliphatic carbocycles. The van der Waals surface area contributed by atoms with Crippen LogP contribution >= 0.6 is 0 Å². The minimum atomic E-state index is 0.505. The maximum Gasteiger partial charge on any atom is 0.257 e. The summed E-state index contributed by atoms with van der Waals surface area (Å²) in [7, 11) is 2.14. The van der Waals surface area contributed by atoms with Gasteiger partial charge in [-0.25, -0.2) is 0 Å². The molecule has 6 rings (SSSR count). The molecule has 3 heteroatoms. The van der Waals surface area contributed by atoms with Gasteiger partial charge in [-0.05, 0) is 67.7 Å². The van der Waals surface area contributed by atoms with Crippen LogP contribution in [-0.2, 0) is 7.05 Å². The number of rotatable bonds is 1. The molecule has 4 aromatic rings. The lowest BCUT2D eigenvalue weighted by Gasteiger charge is -2.25. The highest BCUT2D eigenvalue weighted by molar-refractivity contribution is 6.06. The molecule has 0 amide bonds. The first-order valence-electron chi connectivity index (χ1n) is 10.7. The van der Waals surface area contributed by atoms with E-state index in [-0.39, 0.29) is 0 Å². The van der Waals surface area contributed by atoms with E-state index < -0.39 is 0 Å². The summed E-state index contributed by atoms with van der Waals surface area (Å²) in [4.78, 5) is 0. The van der Waals surface area contributed by atoms with Crippen molar-refractivity contribution in [2.75, 3.05) is 0 Å². The molecule has 2 aromatic carbocycles. The second-order valence-electron chi connectivity index (χ2n) is 8.92. The zero-order valence-electron chi connectivity index (χ0n) is 17.6. The molecule has 0 saturated heterocycles. The van der Waals surface area contributed by atoms with Gasteiger partial charge in [0, 0.05) is 11.5 Å². The highest BCUT2D eigenvalue weighted by Gasteiger charge is 2.38. The van der Waals surface area contributed by atoms with Crippen LogP contribution in [0.25, 0.3) is 33.1 Å². The minimum absolute atomic E-state index is 0.505. The van der Waals surface area contributed by atoms with Gasteiger partial charge in [-0.2, -0.15) is 4.57 Å². The van der Waals surface area contributed by atoms with Gasteiger partial charge < -0.3 is 9.15 Å². The molecule has 0 atom stereocenters. The Morgan fingerprint density at radius 1 is 1.03 bits per heavy atom. The maximum atomic E-state index is 6.75. The van der Waals surface area contributed by atoms with Crippen LogP contribution in [-0.4, -0.2) is 0 Å². The quantitative estimate of drug-likeness (QED) is 0.298. The molecule has 0 radical (unpaired) electrons. The Bertz CT molecular complexity index is 1320. The summed E-state index contributed by atoms with van der Waals surface area (Å²) in [6.45, 7) is 6.62. The van der Waals surface area contributed by atoms with Crippen molar-refractivity contribution < 1.29 is 13.7 Å². The van der Waals surface area contributed by atoms with E-state index in [2.05, 4.69) is 56.7 Å². The number of aryl methyl sites for hydroxylation is 3. The van der Waals surface area contributed by atoms with Crippen LogP contribution in [0, 0.1) is 20.8 Å². The van der Waals surface area contributed by atoms with Crippen LogP contribution in [0.3, 0.4) is 0 Å². The molecule has 0 unspecified atom stereocenters. The zero-order valence-corrected chi connectivity index (χ0v) is 17.6. The van der Waals surface area contributed by atoms with Gasteiger partial charge in [0.1, 0.15) is 12.8 Å². The molecule has 0 bridgehead atoms. The number of aromatic nitrogens is 1. The fraction of sp³-hybridized carbons (Fsp3) is 0.346. The molecule has 2 aliphatic rings. The lowest BCUT2D eigenvalue weighted by molar-refractivity contribution is -0.634. The molecule has 0 spiro atoms. The molecule has 3 nitrogen and oxygen atoms in total. The monoisotopic (exact) mass is 384 g/mol. The summed E-state index contributed by atoms with van der Waals surface area (Å²) in [6.07, 6.45) is 6.81. The summed E-state index contributed by atoms with van der Waals surface area (Å²) in [6, 6.07) is 8.86. The Morgan fingerprint density at radius 2 is 1.83 bits per heavy atom. The first-order valence-corrected chi connectivity index (χ1v) is 10.7. The summed E-state index contributed by atoms with van der Waals surface area (Å²) in [5.41, 5.74) is 9.83. The van der Waals surface area contributed by atoms with Crippen molar-refractivity contribution in [2.45, 2.75) is 52.4 Å². The van der Waals surface area contributed by atoms with E-state index in [0.29, 0.717) is 5.92 Å².